The molecule has 1 fully saturated rings. The van der Waals surface area contributed by atoms with E-state index < -0.39 is 42.6 Å². The van der Waals surface area contributed by atoms with Crippen LogP contribution < -0.4 is 10.6 Å². The van der Waals surface area contributed by atoms with Crippen molar-refractivity contribution in [2.75, 3.05) is 13.2 Å². The number of benzene rings is 2. The van der Waals surface area contributed by atoms with E-state index >= 15 is 0 Å². The van der Waals surface area contributed by atoms with Crippen molar-refractivity contribution in [2.24, 2.45) is 5.92 Å². The van der Waals surface area contributed by atoms with E-state index in [0.717, 1.165) is 11.1 Å². The van der Waals surface area contributed by atoms with Crippen LogP contribution in [-0.4, -0.2) is 55.7 Å². The standard InChI is InChI=1S/C26H30N2O9/c1-17(37-26(32)35-16-20-11-7-4-8-12-20)21-22(28-23(21)29)18(2)36-24(30)27-13-14-33-25(31)34-15-19-9-5-3-6-10-19/h3-12,17-18,21-22H,13-16H2,1-2H3,(H,27,30)(H,28,29)/t17-,18+,21-,22-/m1/s1. The predicted molar refractivity (Wildman–Crippen MR) is 129 cm³/mol. The number of nitrogens with one attached hydrogen (secondary N) is 2. The van der Waals surface area contributed by atoms with Crippen LogP contribution in [-0.2, 0) is 41.7 Å². The average Bonchev–Trinajstić information content (AvgIpc) is 2.88. The lowest BCUT2D eigenvalue weighted by Gasteiger charge is -2.42. The molecule has 2 amide bonds. The van der Waals surface area contributed by atoms with Crippen LogP contribution in [0.1, 0.15) is 25.0 Å². The molecule has 0 spiro atoms. The van der Waals surface area contributed by atoms with Crippen LogP contribution in [0.15, 0.2) is 60.7 Å². The summed E-state index contributed by atoms with van der Waals surface area (Å²) in [5, 5.41) is 5.11. The fourth-order valence-corrected chi connectivity index (χ4v) is 3.64. The van der Waals surface area contributed by atoms with E-state index in [1.54, 1.807) is 26.0 Å². The molecule has 11 heteroatoms. The maximum absolute atomic E-state index is 12.1. The predicted octanol–water partition coefficient (Wildman–Crippen LogP) is 3.31. The second kappa shape index (κ2) is 13.7. The van der Waals surface area contributed by atoms with Gasteiger partial charge in [-0.15, -0.1) is 0 Å². The van der Waals surface area contributed by atoms with Gasteiger partial charge in [-0.3, -0.25) is 4.79 Å². The number of alkyl carbamates (subject to hydrolysis) is 1. The van der Waals surface area contributed by atoms with Crippen LogP contribution in [0.5, 0.6) is 0 Å². The van der Waals surface area contributed by atoms with Gasteiger partial charge in [0.25, 0.3) is 0 Å². The number of hydrogen-bond acceptors (Lipinski definition) is 9. The molecule has 37 heavy (non-hydrogen) atoms. The zero-order chi connectivity index (χ0) is 26.6. The Bertz CT molecular complexity index is 1050. The third-order valence-corrected chi connectivity index (χ3v) is 5.58. The maximum Gasteiger partial charge on any atom is 0.508 e. The lowest BCUT2D eigenvalue weighted by molar-refractivity contribution is -0.146. The van der Waals surface area contributed by atoms with Gasteiger partial charge in [-0.05, 0) is 25.0 Å². The monoisotopic (exact) mass is 514 g/mol. The van der Waals surface area contributed by atoms with Crippen molar-refractivity contribution in [1.82, 2.24) is 10.6 Å². The molecule has 0 bridgehead atoms. The SMILES string of the molecule is C[C@H](OC(=O)NCCOC(=O)OCc1ccccc1)[C@H]1NC(=O)[C@@H]1[C@@H](C)OC(=O)OCc1ccccc1. The second-order valence-electron chi connectivity index (χ2n) is 8.32. The van der Waals surface area contributed by atoms with Gasteiger partial charge in [-0.25, -0.2) is 14.4 Å². The highest BCUT2D eigenvalue weighted by Crippen LogP contribution is 2.26. The molecular formula is C26H30N2O9. The molecule has 4 atom stereocenters. The summed E-state index contributed by atoms with van der Waals surface area (Å²) in [5.41, 5.74) is 1.62. The molecule has 2 aromatic carbocycles. The number of β-lactam (4-membered cyclic amide) rings is 1. The van der Waals surface area contributed by atoms with E-state index in [0.29, 0.717) is 0 Å². The minimum Gasteiger partial charge on any atom is -0.444 e. The fraction of sp³-hybridized carbons (Fsp3) is 0.385. The largest absolute Gasteiger partial charge is 0.508 e. The molecule has 2 N–H and O–H groups in total. The summed E-state index contributed by atoms with van der Waals surface area (Å²) in [7, 11) is 0. The minimum atomic E-state index is -0.900. The number of rotatable bonds is 11. The number of carbonyl (C=O) groups is 4. The average molecular weight is 515 g/mol. The summed E-state index contributed by atoms with van der Waals surface area (Å²) < 4.78 is 25.5. The highest BCUT2D eigenvalue weighted by atomic mass is 16.7. The van der Waals surface area contributed by atoms with Crippen LogP contribution in [0.25, 0.3) is 0 Å². The van der Waals surface area contributed by atoms with Gasteiger partial charge in [0.1, 0.15) is 32.0 Å². The van der Waals surface area contributed by atoms with Crippen molar-refractivity contribution in [3.63, 3.8) is 0 Å². The zero-order valence-corrected chi connectivity index (χ0v) is 20.6. The van der Waals surface area contributed by atoms with Gasteiger partial charge < -0.3 is 34.3 Å². The highest BCUT2D eigenvalue weighted by molar-refractivity contribution is 5.87. The van der Waals surface area contributed by atoms with Crippen molar-refractivity contribution in [3.8, 4) is 0 Å². The Morgan fingerprint density at radius 3 is 1.95 bits per heavy atom. The van der Waals surface area contributed by atoms with E-state index in [1.807, 2.05) is 48.5 Å². The minimum absolute atomic E-state index is 0.000780. The first-order chi connectivity index (χ1) is 17.8. The Balaban J connectivity index is 1.32. The molecule has 0 aromatic heterocycles. The van der Waals surface area contributed by atoms with Gasteiger partial charge in [-0.2, -0.15) is 0 Å². The first-order valence-corrected chi connectivity index (χ1v) is 11.8. The fourth-order valence-electron chi connectivity index (χ4n) is 3.64. The Labute approximate surface area is 214 Å². The van der Waals surface area contributed by atoms with E-state index in [1.165, 1.54) is 0 Å². The van der Waals surface area contributed by atoms with Gasteiger partial charge in [0.05, 0.1) is 18.5 Å². The first kappa shape index (κ1) is 27.3. The Hall–Kier alpha value is -4.28. The van der Waals surface area contributed by atoms with E-state index in [2.05, 4.69) is 10.6 Å². The molecule has 0 radical (unpaired) electrons. The molecule has 0 aliphatic carbocycles. The van der Waals surface area contributed by atoms with Crippen molar-refractivity contribution < 1.29 is 42.9 Å². The lowest BCUT2D eigenvalue weighted by Crippen LogP contribution is -2.67. The van der Waals surface area contributed by atoms with Crippen molar-refractivity contribution >= 4 is 24.3 Å². The normalized spacial score (nSPS) is 17.7. The third-order valence-electron chi connectivity index (χ3n) is 5.58. The molecule has 2 aromatic rings. The summed E-state index contributed by atoms with van der Waals surface area (Å²) >= 11 is 0. The first-order valence-electron chi connectivity index (χ1n) is 11.8. The van der Waals surface area contributed by atoms with E-state index in [-0.39, 0.29) is 32.3 Å². The molecule has 0 saturated carbocycles. The maximum atomic E-state index is 12.1. The molecule has 3 rings (SSSR count). The summed E-state index contributed by atoms with van der Waals surface area (Å²) in [5.74, 6) is -1.04. The summed E-state index contributed by atoms with van der Waals surface area (Å²) in [6.07, 6.45) is -4.03. The van der Waals surface area contributed by atoms with Crippen molar-refractivity contribution in [2.45, 2.75) is 45.3 Å². The number of ether oxygens (including phenoxy) is 5. The third kappa shape index (κ3) is 8.71. The lowest BCUT2D eigenvalue weighted by atomic mass is 9.83. The molecule has 0 unspecified atom stereocenters. The molecular weight excluding hydrogens is 484 g/mol. The Morgan fingerprint density at radius 1 is 0.811 bits per heavy atom. The second-order valence-corrected chi connectivity index (χ2v) is 8.32. The van der Waals surface area contributed by atoms with E-state index in [9.17, 15) is 19.2 Å². The Kier molecular flexibility index (Phi) is 10.1. The summed E-state index contributed by atoms with van der Waals surface area (Å²) in [6.45, 7) is 3.18. The quantitative estimate of drug-likeness (QED) is 0.200. The zero-order valence-electron chi connectivity index (χ0n) is 20.6. The molecule has 1 aliphatic heterocycles. The summed E-state index contributed by atoms with van der Waals surface area (Å²) in [4.78, 5) is 47.8. The summed E-state index contributed by atoms with van der Waals surface area (Å²) in [6, 6.07) is 17.7. The molecule has 198 valence electrons. The van der Waals surface area contributed by atoms with Crippen LogP contribution in [0.2, 0.25) is 0 Å². The van der Waals surface area contributed by atoms with Crippen LogP contribution in [0.3, 0.4) is 0 Å². The number of amides is 2. The highest BCUT2D eigenvalue weighted by Gasteiger charge is 2.48. The smallest absolute Gasteiger partial charge is 0.444 e. The van der Waals surface area contributed by atoms with Crippen molar-refractivity contribution in [1.29, 1.82) is 0 Å². The number of hydrogen-bond donors (Lipinski definition) is 2. The molecule has 1 heterocycles. The van der Waals surface area contributed by atoms with Crippen molar-refractivity contribution in [3.05, 3.63) is 71.8 Å². The van der Waals surface area contributed by atoms with Crippen LogP contribution >= 0.6 is 0 Å². The van der Waals surface area contributed by atoms with Gasteiger partial charge in [0.2, 0.25) is 5.91 Å². The van der Waals surface area contributed by atoms with Crippen LogP contribution in [0.4, 0.5) is 14.4 Å². The van der Waals surface area contributed by atoms with Gasteiger partial charge in [0.15, 0.2) is 0 Å². The molecule has 1 aliphatic rings. The van der Waals surface area contributed by atoms with E-state index in [4.69, 9.17) is 23.7 Å². The van der Waals surface area contributed by atoms with Gasteiger partial charge in [0, 0.05) is 0 Å². The van der Waals surface area contributed by atoms with Crippen LogP contribution in [0, 0.1) is 5.92 Å². The number of carbonyl (C=O) groups excluding carboxylic acids is 4. The molecule has 11 nitrogen and oxygen atoms in total. The molecule has 1 saturated heterocycles. The topological polar surface area (TPSA) is 138 Å². The van der Waals surface area contributed by atoms with Gasteiger partial charge in [-0.1, -0.05) is 60.7 Å². The van der Waals surface area contributed by atoms with Gasteiger partial charge >= 0.3 is 18.4 Å². The Morgan fingerprint density at radius 2 is 1.38 bits per heavy atom.